The number of aliphatic hydroxyl groups is 1. The number of nitrogens with zero attached hydrogens (tertiary/aromatic N) is 2. The Bertz CT molecular complexity index is 1260. The number of halogens is 3. The number of benzene rings is 2. The van der Waals surface area contributed by atoms with Gasteiger partial charge in [-0.15, -0.1) is 0 Å². The van der Waals surface area contributed by atoms with Gasteiger partial charge in [0.05, 0.1) is 24.2 Å². The van der Waals surface area contributed by atoms with Crippen LogP contribution < -0.4 is 15.4 Å². The average molecular weight is 531 g/mol. The lowest BCUT2D eigenvalue weighted by Crippen LogP contribution is -2.52. The molecule has 37 heavy (non-hydrogen) atoms. The molecule has 1 aliphatic heterocycles. The van der Waals surface area contributed by atoms with Crippen molar-refractivity contribution in [1.82, 2.24) is 20.2 Å². The monoisotopic (exact) mass is 530 g/mol. The minimum atomic E-state index is -1.02. The Kier molecular flexibility index (Phi) is 7.20. The summed E-state index contributed by atoms with van der Waals surface area (Å²) in [4.78, 5) is 16.0. The summed E-state index contributed by atoms with van der Waals surface area (Å²) in [6.07, 6.45) is 7.90. The smallest absolute Gasteiger partial charge is 0.217 e. The zero-order valence-corrected chi connectivity index (χ0v) is 21.1. The normalized spacial score (nSPS) is 19.4. The summed E-state index contributed by atoms with van der Waals surface area (Å²) >= 11 is 6.49. The first-order chi connectivity index (χ1) is 17.7. The van der Waals surface area contributed by atoms with E-state index in [1.54, 1.807) is 12.5 Å². The fourth-order valence-electron chi connectivity index (χ4n) is 5.30. The molecule has 2 aliphatic rings. The molecule has 0 unspecified atom stereocenters. The molecule has 7 nitrogen and oxygen atoms in total. The van der Waals surface area contributed by atoms with Crippen LogP contribution in [0.4, 0.5) is 8.78 Å². The number of carbonyl (C=O) groups is 1. The zero-order chi connectivity index (χ0) is 26.2. The Morgan fingerprint density at radius 2 is 2.03 bits per heavy atom. The van der Waals surface area contributed by atoms with E-state index >= 15 is 0 Å². The number of imidazole rings is 1. The van der Waals surface area contributed by atoms with Crippen molar-refractivity contribution in [2.24, 2.45) is 0 Å². The number of carbonyl (C=O) groups excluding carboxylic acids is 1. The highest BCUT2D eigenvalue weighted by Gasteiger charge is 2.46. The van der Waals surface area contributed by atoms with Gasteiger partial charge in [0.15, 0.2) is 0 Å². The molecule has 1 amide bonds. The molecule has 196 valence electrons. The third-order valence-corrected chi connectivity index (χ3v) is 7.40. The summed E-state index contributed by atoms with van der Waals surface area (Å²) in [6.45, 7) is 1.48. The molecule has 3 atom stereocenters. The van der Waals surface area contributed by atoms with Crippen LogP contribution in [0, 0.1) is 11.6 Å². The number of rotatable bonds is 8. The molecule has 1 spiro atoms. The number of ether oxygens (including phenoxy) is 1. The van der Waals surface area contributed by atoms with Crippen molar-refractivity contribution in [1.29, 1.82) is 0 Å². The molecule has 0 saturated heterocycles. The SMILES string of the molecule is CC(=O)N[C@@H](Cc1cc(F)cc(F)c1)[C@@H](O)CN[C@H]1CC2(CCC2)Oc2c1cc(Cl)cc2-n1ccnc1. The maximum absolute atomic E-state index is 13.7. The van der Waals surface area contributed by atoms with Gasteiger partial charge in [-0.05, 0) is 55.5 Å². The lowest BCUT2D eigenvalue weighted by molar-refractivity contribution is -0.120. The molecule has 1 aromatic heterocycles. The van der Waals surface area contributed by atoms with Gasteiger partial charge in [0.25, 0.3) is 0 Å². The van der Waals surface area contributed by atoms with Crippen LogP contribution in [0.15, 0.2) is 49.1 Å². The van der Waals surface area contributed by atoms with E-state index < -0.39 is 23.8 Å². The number of hydrogen-bond acceptors (Lipinski definition) is 5. The Labute approximate surface area is 218 Å². The Morgan fingerprint density at radius 3 is 2.65 bits per heavy atom. The van der Waals surface area contributed by atoms with Crippen LogP contribution in [0.5, 0.6) is 5.75 Å². The number of fused-ring (bicyclic) bond motifs is 1. The van der Waals surface area contributed by atoms with Gasteiger partial charge in [-0.3, -0.25) is 4.79 Å². The fraction of sp³-hybridized carbons (Fsp3) is 0.407. The van der Waals surface area contributed by atoms with Crippen LogP contribution in [-0.2, 0) is 11.2 Å². The molecule has 0 bridgehead atoms. The Morgan fingerprint density at radius 1 is 1.27 bits per heavy atom. The van der Waals surface area contributed by atoms with Gasteiger partial charge in [-0.2, -0.15) is 0 Å². The maximum atomic E-state index is 13.7. The lowest BCUT2D eigenvalue weighted by atomic mass is 9.72. The largest absolute Gasteiger partial charge is 0.485 e. The first-order valence-corrected chi connectivity index (χ1v) is 12.7. The third-order valence-electron chi connectivity index (χ3n) is 7.18. The number of nitrogens with one attached hydrogen (secondary N) is 2. The standard InChI is InChI=1S/C27H29ClF2N4O3/c1-16(35)33-22(9-17-7-19(29)12-20(30)8-17)25(36)14-32-23-13-27(3-2-4-27)37-26-21(23)10-18(28)11-24(26)34-6-5-31-15-34/h5-8,10-12,15,22-23,25,32,36H,2-4,9,13-14H2,1H3,(H,33,35)/t22-,23-,25-/m0/s1. The molecule has 0 radical (unpaired) electrons. The van der Waals surface area contributed by atoms with Crippen molar-refractivity contribution in [3.8, 4) is 11.4 Å². The Hall–Kier alpha value is -3.01. The number of hydrogen-bond donors (Lipinski definition) is 3. The first kappa shape index (κ1) is 25.6. The Balaban J connectivity index is 1.38. The molecule has 2 heterocycles. The molecule has 10 heteroatoms. The summed E-state index contributed by atoms with van der Waals surface area (Å²) in [5.41, 5.74) is 1.72. The molecular weight excluding hydrogens is 502 g/mol. The predicted octanol–water partition coefficient (Wildman–Crippen LogP) is 4.25. The molecule has 1 aliphatic carbocycles. The van der Waals surface area contributed by atoms with Gasteiger partial charge >= 0.3 is 0 Å². The summed E-state index contributed by atoms with van der Waals surface area (Å²) in [5, 5.41) is 17.8. The van der Waals surface area contributed by atoms with Gasteiger partial charge in [0, 0.05) is 55.0 Å². The number of amides is 1. The summed E-state index contributed by atoms with van der Waals surface area (Å²) in [5.74, 6) is -1.03. The minimum Gasteiger partial charge on any atom is -0.485 e. The fourth-order valence-corrected chi connectivity index (χ4v) is 5.52. The second-order valence-electron chi connectivity index (χ2n) is 9.97. The molecule has 3 N–H and O–H groups in total. The van der Waals surface area contributed by atoms with Crippen molar-refractivity contribution >= 4 is 17.5 Å². The third kappa shape index (κ3) is 5.63. The quantitative estimate of drug-likeness (QED) is 0.405. The van der Waals surface area contributed by atoms with Crippen LogP contribution in [0.25, 0.3) is 5.69 Å². The van der Waals surface area contributed by atoms with Crippen LogP contribution in [0.2, 0.25) is 5.02 Å². The van der Waals surface area contributed by atoms with Crippen molar-refractivity contribution in [3.63, 3.8) is 0 Å². The highest BCUT2D eigenvalue weighted by molar-refractivity contribution is 6.31. The van der Waals surface area contributed by atoms with Crippen LogP contribution in [0.1, 0.15) is 49.8 Å². The van der Waals surface area contributed by atoms with E-state index in [9.17, 15) is 18.7 Å². The van der Waals surface area contributed by atoms with Crippen molar-refractivity contribution < 1.29 is 23.4 Å². The molecule has 1 saturated carbocycles. The topological polar surface area (TPSA) is 88.4 Å². The highest BCUT2D eigenvalue weighted by Crippen LogP contribution is 2.51. The highest BCUT2D eigenvalue weighted by atomic mass is 35.5. The van der Waals surface area contributed by atoms with Gasteiger partial charge in [-0.1, -0.05) is 11.6 Å². The van der Waals surface area contributed by atoms with Crippen molar-refractivity contribution in [3.05, 3.63) is 76.8 Å². The molecular formula is C27H29ClF2N4O3. The van der Waals surface area contributed by atoms with Gasteiger partial charge < -0.3 is 25.0 Å². The van der Waals surface area contributed by atoms with Gasteiger partial charge in [0.2, 0.25) is 5.91 Å². The van der Waals surface area contributed by atoms with E-state index in [1.165, 1.54) is 19.1 Å². The van der Waals surface area contributed by atoms with E-state index in [0.29, 0.717) is 17.0 Å². The summed E-state index contributed by atoms with van der Waals surface area (Å²) < 4.78 is 35.9. The van der Waals surface area contributed by atoms with E-state index in [2.05, 4.69) is 15.6 Å². The van der Waals surface area contributed by atoms with Gasteiger partial charge in [0.1, 0.15) is 23.0 Å². The minimum absolute atomic E-state index is 0.0714. The number of aliphatic hydroxyl groups excluding tert-OH is 1. The summed E-state index contributed by atoms with van der Waals surface area (Å²) in [6, 6.07) is 5.99. The van der Waals surface area contributed by atoms with E-state index in [1.807, 2.05) is 22.9 Å². The zero-order valence-electron chi connectivity index (χ0n) is 20.4. The molecule has 5 rings (SSSR count). The molecule has 3 aromatic rings. The van der Waals surface area contributed by atoms with Gasteiger partial charge in [-0.25, -0.2) is 13.8 Å². The van der Waals surface area contributed by atoms with E-state index in [-0.39, 0.29) is 30.5 Å². The number of aromatic nitrogens is 2. The molecule has 1 fully saturated rings. The van der Waals surface area contributed by atoms with Crippen LogP contribution in [0.3, 0.4) is 0 Å². The predicted molar refractivity (Wildman–Crippen MR) is 135 cm³/mol. The molecule has 2 aromatic carbocycles. The lowest BCUT2D eigenvalue weighted by Gasteiger charge is -2.48. The first-order valence-electron chi connectivity index (χ1n) is 12.4. The van der Waals surface area contributed by atoms with E-state index in [4.69, 9.17) is 16.3 Å². The average Bonchev–Trinajstić information content (AvgIpc) is 3.34. The van der Waals surface area contributed by atoms with Crippen LogP contribution in [-0.4, -0.2) is 44.9 Å². The second kappa shape index (κ2) is 10.4. The second-order valence-corrected chi connectivity index (χ2v) is 10.4. The maximum Gasteiger partial charge on any atom is 0.217 e. The van der Waals surface area contributed by atoms with Crippen molar-refractivity contribution in [2.75, 3.05) is 6.54 Å². The van der Waals surface area contributed by atoms with Crippen LogP contribution >= 0.6 is 11.6 Å². The van der Waals surface area contributed by atoms with E-state index in [0.717, 1.165) is 42.3 Å². The van der Waals surface area contributed by atoms with Crippen molar-refractivity contribution in [2.45, 2.75) is 62.8 Å². The summed E-state index contributed by atoms with van der Waals surface area (Å²) in [7, 11) is 0.